The molecule has 1 N–H and O–H groups in total. The summed E-state index contributed by atoms with van der Waals surface area (Å²) < 4.78 is 19.1. The van der Waals surface area contributed by atoms with E-state index in [2.05, 4.69) is 0 Å². The molecule has 0 bridgehead atoms. The van der Waals surface area contributed by atoms with Gasteiger partial charge in [-0.3, -0.25) is 9.59 Å². The summed E-state index contributed by atoms with van der Waals surface area (Å²) in [6, 6.07) is 4.50. The molecule has 1 saturated heterocycles. The van der Waals surface area contributed by atoms with E-state index in [0.29, 0.717) is 19.5 Å². The van der Waals surface area contributed by atoms with Crippen molar-refractivity contribution in [3.05, 3.63) is 29.6 Å². The lowest BCUT2D eigenvalue weighted by Gasteiger charge is -2.32. The summed E-state index contributed by atoms with van der Waals surface area (Å²) in [5.74, 6) is -1.64. The molecule has 22 heavy (non-hydrogen) atoms. The number of piperidine rings is 1. The van der Waals surface area contributed by atoms with E-state index in [1.807, 2.05) is 0 Å². The van der Waals surface area contributed by atoms with Crippen LogP contribution in [0, 0.1) is 11.7 Å². The van der Waals surface area contributed by atoms with E-state index < -0.39 is 11.8 Å². The first kappa shape index (κ1) is 16.3. The van der Waals surface area contributed by atoms with Crippen LogP contribution in [0.25, 0.3) is 0 Å². The first-order chi connectivity index (χ1) is 10.5. The third kappa shape index (κ3) is 3.75. The number of hydrogen-bond acceptors (Lipinski definition) is 3. The number of carboxylic acids is 1. The normalized spacial score (nSPS) is 18.1. The topological polar surface area (TPSA) is 66.8 Å². The van der Waals surface area contributed by atoms with Gasteiger partial charge < -0.3 is 14.7 Å². The second-order valence-electron chi connectivity index (χ2n) is 5.51. The zero-order valence-corrected chi connectivity index (χ0v) is 12.5. The van der Waals surface area contributed by atoms with Crippen molar-refractivity contribution in [2.45, 2.75) is 25.7 Å². The Hall–Kier alpha value is -2.11. The van der Waals surface area contributed by atoms with Gasteiger partial charge in [-0.25, -0.2) is 4.39 Å². The summed E-state index contributed by atoms with van der Waals surface area (Å²) in [4.78, 5) is 24.7. The number of halogens is 1. The second-order valence-corrected chi connectivity index (χ2v) is 5.51. The summed E-state index contributed by atoms with van der Waals surface area (Å²) in [7, 11) is 1.36. The maximum Gasteiger partial charge on any atom is 0.303 e. The van der Waals surface area contributed by atoms with Crippen LogP contribution in [0.4, 0.5) is 4.39 Å². The molecule has 0 spiro atoms. The van der Waals surface area contributed by atoms with Gasteiger partial charge in [-0.2, -0.15) is 0 Å². The highest BCUT2D eigenvalue weighted by molar-refractivity contribution is 5.95. The molecule has 1 amide bonds. The van der Waals surface area contributed by atoms with Crippen LogP contribution in [-0.2, 0) is 4.79 Å². The number of likely N-dealkylation sites (tertiary alicyclic amines) is 1. The third-order valence-corrected chi connectivity index (χ3v) is 3.99. The van der Waals surface area contributed by atoms with Gasteiger partial charge in [-0.15, -0.1) is 0 Å². The Morgan fingerprint density at radius 3 is 2.91 bits per heavy atom. The van der Waals surface area contributed by atoms with Gasteiger partial charge in [-0.1, -0.05) is 6.07 Å². The van der Waals surface area contributed by atoms with Gasteiger partial charge in [0.25, 0.3) is 5.91 Å². The predicted octanol–water partition coefficient (Wildman–Crippen LogP) is 2.55. The smallest absolute Gasteiger partial charge is 0.303 e. The highest BCUT2D eigenvalue weighted by atomic mass is 19.1. The molecule has 1 atom stereocenters. The Bertz CT molecular complexity index is 561. The van der Waals surface area contributed by atoms with E-state index >= 15 is 0 Å². The molecule has 1 fully saturated rings. The summed E-state index contributed by atoms with van der Waals surface area (Å²) in [6.45, 7) is 1.04. The van der Waals surface area contributed by atoms with Crippen molar-refractivity contribution in [2.24, 2.45) is 5.92 Å². The number of carboxylic acid groups (broad SMARTS) is 1. The van der Waals surface area contributed by atoms with E-state index in [1.165, 1.54) is 19.2 Å². The van der Waals surface area contributed by atoms with Gasteiger partial charge in [0.1, 0.15) is 0 Å². The lowest BCUT2D eigenvalue weighted by Crippen LogP contribution is -2.40. The second kappa shape index (κ2) is 7.24. The number of ether oxygens (including phenoxy) is 1. The van der Waals surface area contributed by atoms with Crippen LogP contribution in [0.1, 0.15) is 36.0 Å². The lowest BCUT2D eigenvalue weighted by molar-refractivity contribution is -0.137. The van der Waals surface area contributed by atoms with Crippen molar-refractivity contribution in [1.82, 2.24) is 4.90 Å². The Labute approximate surface area is 128 Å². The average Bonchev–Trinajstić information content (AvgIpc) is 2.53. The van der Waals surface area contributed by atoms with Gasteiger partial charge in [0, 0.05) is 19.5 Å². The van der Waals surface area contributed by atoms with Crippen molar-refractivity contribution in [3.63, 3.8) is 0 Å². The molecule has 0 unspecified atom stereocenters. The fourth-order valence-electron chi connectivity index (χ4n) is 2.82. The minimum absolute atomic E-state index is 0.00163. The number of carbonyl (C=O) groups is 2. The molecular formula is C16H20FNO4. The number of amides is 1. The van der Waals surface area contributed by atoms with Crippen LogP contribution >= 0.6 is 0 Å². The van der Waals surface area contributed by atoms with Crippen LogP contribution < -0.4 is 4.74 Å². The van der Waals surface area contributed by atoms with Crippen LogP contribution in [0.5, 0.6) is 5.75 Å². The van der Waals surface area contributed by atoms with Crippen molar-refractivity contribution < 1.29 is 23.8 Å². The summed E-state index contributed by atoms with van der Waals surface area (Å²) in [5.41, 5.74) is -0.00163. The highest BCUT2D eigenvalue weighted by Crippen LogP contribution is 2.25. The average molecular weight is 309 g/mol. The Morgan fingerprint density at radius 1 is 1.45 bits per heavy atom. The van der Waals surface area contributed by atoms with Crippen LogP contribution in [0.15, 0.2) is 18.2 Å². The molecule has 120 valence electrons. The summed E-state index contributed by atoms with van der Waals surface area (Å²) in [5, 5.41) is 8.75. The first-order valence-corrected chi connectivity index (χ1v) is 7.36. The summed E-state index contributed by atoms with van der Waals surface area (Å²) in [6.07, 6.45) is 2.35. The van der Waals surface area contributed by atoms with Gasteiger partial charge >= 0.3 is 5.97 Å². The number of methoxy groups -OCH3 is 1. The maximum absolute atomic E-state index is 14.2. The van der Waals surface area contributed by atoms with Gasteiger partial charge in [-0.05, 0) is 37.3 Å². The standard InChI is InChI=1S/C16H20FNO4/c1-22-13-6-2-5-12(15(13)17)16(21)18-9-3-4-11(10-18)7-8-14(19)20/h2,5-6,11H,3-4,7-10H2,1H3,(H,19,20)/t11-/m0/s1. The molecular weight excluding hydrogens is 289 g/mol. The molecule has 0 saturated carbocycles. The molecule has 1 aromatic carbocycles. The van der Waals surface area contributed by atoms with E-state index in [0.717, 1.165) is 12.8 Å². The van der Waals surface area contributed by atoms with Crippen LogP contribution in [0.2, 0.25) is 0 Å². The van der Waals surface area contributed by atoms with E-state index in [4.69, 9.17) is 9.84 Å². The van der Waals surface area contributed by atoms with Gasteiger partial charge in [0.2, 0.25) is 0 Å². The molecule has 5 nitrogen and oxygen atoms in total. The van der Waals surface area contributed by atoms with Crippen molar-refractivity contribution >= 4 is 11.9 Å². The molecule has 1 aliphatic heterocycles. The number of benzene rings is 1. The largest absolute Gasteiger partial charge is 0.494 e. The molecule has 0 aromatic heterocycles. The highest BCUT2D eigenvalue weighted by Gasteiger charge is 2.27. The molecule has 0 aliphatic carbocycles. The quantitative estimate of drug-likeness (QED) is 0.907. The number of aliphatic carboxylic acids is 1. The monoisotopic (exact) mass is 309 g/mol. The maximum atomic E-state index is 14.2. The lowest BCUT2D eigenvalue weighted by atomic mass is 9.93. The van der Waals surface area contributed by atoms with Gasteiger partial charge in [0.05, 0.1) is 12.7 Å². The number of carbonyl (C=O) groups excluding carboxylic acids is 1. The third-order valence-electron chi connectivity index (χ3n) is 3.99. The van der Waals surface area contributed by atoms with E-state index in [9.17, 15) is 14.0 Å². The van der Waals surface area contributed by atoms with Crippen molar-refractivity contribution in [2.75, 3.05) is 20.2 Å². The zero-order chi connectivity index (χ0) is 16.1. The molecule has 1 aliphatic rings. The fourth-order valence-corrected chi connectivity index (χ4v) is 2.82. The minimum Gasteiger partial charge on any atom is -0.494 e. The first-order valence-electron chi connectivity index (χ1n) is 7.36. The molecule has 0 radical (unpaired) electrons. The molecule has 2 rings (SSSR count). The molecule has 6 heteroatoms. The Kier molecular flexibility index (Phi) is 5.35. The number of nitrogens with zero attached hydrogens (tertiary/aromatic N) is 1. The zero-order valence-electron chi connectivity index (χ0n) is 12.5. The van der Waals surface area contributed by atoms with Gasteiger partial charge in [0.15, 0.2) is 11.6 Å². The minimum atomic E-state index is -0.831. The molecule has 1 aromatic rings. The van der Waals surface area contributed by atoms with Crippen molar-refractivity contribution in [3.8, 4) is 5.75 Å². The Morgan fingerprint density at radius 2 is 2.23 bits per heavy atom. The SMILES string of the molecule is COc1cccc(C(=O)N2CCC[C@@H](CCC(=O)O)C2)c1F. The van der Waals surface area contributed by atoms with Crippen molar-refractivity contribution in [1.29, 1.82) is 0 Å². The van der Waals surface area contributed by atoms with Crippen LogP contribution in [-0.4, -0.2) is 42.1 Å². The van der Waals surface area contributed by atoms with Crippen LogP contribution in [0.3, 0.4) is 0 Å². The fraction of sp³-hybridized carbons (Fsp3) is 0.500. The molecule has 1 heterocycles. The van der Waals surface area contributed by atoms with E-state index in [1.54, 1.807) is 11.0 Å². The Balaban J connectivity index is 2.07. The number of rotatable bonds is 5. The van der Waals surface area contributed by atoms with E-state index in [-0.39, 0.29) is 29.6 Å². The number of hydrogen-bond donors (Lipinski definition) is 1. The summed E-state index contributed by atoms with van der Waals surface area (Å²) >= 11 is 0. The predicted molar refractivity (Wildman–Crippen MR) is 78.4 cm³/mol.